The van der Waals surface area contributed by atoms with Crippen molar-refractivity contribution in [1.29, 1.82) is 0 Å². The maximum absolute atomic E-state index is 9.71. The largest absolute Gasteiger partial charge is 0.390 e. The second kappa shape index (κ2) is 5.99. The fourth-order valence-corrected chi connectivity index (χ4v) is 1.58. The molecule has 1 aromatic heterocycles. The van der Waals surface area contributed by atoms with Crippen molar-refractivity contribution in [3.63, 3.8) is 0 Å². The van der Waals surface area contributed by atoms with Gasteiger partial charge in [-0.1, -0.05) is 15.9 Å². The van der Waals surface area contributed by atoms with Gasteiger partial charge in [0.15, 0.2) is 0 Å². The van der Waals surface area contributed by atoms with Gasteiger partial charge in [0.1, 0.15) is 6.10 Å². The molecule has 0 amide bonds. The van der Waals surface area contributed by atoms with Crippen LogP contribution in [0.1, 0.15) is 18.1 Å². The molecule has 0 bridgehead atoms. The maximum atomic E-state index is 9.71. The topological polar surface area (TPSA) is 78.3 Å². The smallest absolute Gasteiger partial charge is 0.222 e. The molecule has 5 nitrogen and oxygen atoms in total. The van der Waals surface area contributed by atoms with Crippen LogP contribution in [-0.4, -0.2) is 38.7 Å². The average Bonchev–Trinajstić information content (AvgIpc) is 2.28. The fourth-order valence-electron chi connectivity index (χ4n) is 1.11. The predicted octanol–water partition coefficient (Wildman–Crippen LogP) is 0.698. The molecule has 0 saturated carbocycles. The van der Waals surface area contributed by atoms with E-state index in [0.29, 0.717) is 23.3 Å². The normalized spacial score (nSPS) is 14.7. The van der Waals surface area contributed by atoms with Gasteiger partial charge in [0.25, 0.3) is 0 Å². The molecule has 2 atom stereocenters. The average molecular weight is 276 g/mol. The summed E-state index contributed by atoms with van der Waals surface area (Å²) in [7, 11) is 1.71. The van der Waals surface area contributed by atoms with Crippen LogP contribution >= 0.6 is 15.9 Å². The van der Waals surface area contributed by atoms with Gasteiger partial charge in [-0.25, -0.2) is 9.97 Å². The Morgan fingerprint density at radius 2 is 2.00 bits per heavy atom. The molecule has 84 valence electrons. The van der Waals surface area contributed by atoms with E-state index in [2.05, 4.69) is 31.2 Å². The summed E-state index contributed by atoms with van der Waals surface area (Å²) in [5.74, 6) is 0.487. The minimum absolute atomic E-state index is 0.481. The molecule has 1 rings (SSSR count). The summed E-state index contributed by atoms with van der Waals surface area (Å²) < 4.78 is 0. The lowest BCUT2D eigenvalue weighted by molar-refractivity contribution is 0.0170. The van der Waals surface area contributed by atoms with Crippen LogP contribution in [0.3, 0.4) is 0 Å². The number of alkyl halides is 1. The second-order valence-electron chi connectivity index (χ2n) is 3.08. The first kappa shape index (κ1) is 12.4. The van der Waals surface area contributed by atoms with Crippen molar-refractivity contribution < 1.29 is 10.2 Å². The lowest BCUT2D eigenvalue weighted by Crippen LogP contribution is -2.19. The molecular weight excluding hydrogens is 262 g/mol. The summed E-state index contributed by atoms with van der Waals surface area (Å²) in [5, 5.41) is 22.7. The van der Waals surface area contributed by atoms with Gasteiger partial charge in [0.2, 0.25) is 5.95 Å². The Balaban J connectivity index is 2.69. The lowest BCUT2D eigenvalue weighted by Gasteiger charge is -2.16. The molecule has 0 aliphatic carbocycles. The van der Waals surface area contributed by atoms with Crippen molar-refractivity contribution in [2.24, 2.45) is 0 Å². The number of aromatic nitrogens is 2. The zero-order valence-electron chi connectivity index (χ0n) is 8.39. The summed E-state index contributed by atoms with van der Waals surface area (Å²) >= 11 is 3.20. The van der Waals surface area contributed by atoms with Crippen molar-refractivity contribution >= 4 is 21.9 Å². The molecule has 0 aliphatic rings. The highest BCUT2D eigenvalue weighted by Gasteiger charge is 2.18. The Bertz CT molecular complexity index is 294. The molecule has 1 heterocycles. The van der Waals surface area contributed by atoms with Crippen LogP contribution in [0.2, 0.25) is 0 Å². The van der Waals surface area contributed by atoms with Gasteiger partial charge in [-0.15, -0.1) is 0 Å². The quantitative estimate of drug-likeness (QED) is 0.690. The summed E-state index contributed by atoms with van der Waals surface area (Å²) in [6.45, 7) is 0. The van der Waals surface area contributed by atoms with Crippen LogP contribution < -0.4 is 5.32 Å². The van der Waals surface area contributed by atoms with Gasteiger partial charge < -0.3 is 15.5 Å². The molecule has 0 aliphatic heterocycles. The third-order valence-corrected chi connectivity index (χ3v) is 2.46. The highest BCUT2D eigenvalue weighted by Crippen LogP contribution is 2.18. The molecule has 0 spiro atoms. The molecule has 0 fully saturated rings. The van der Waals surface area contributed by atoms with Gasteiger partial charge in [-0.05, 0) is 6.42 Å². The van der Waals surface area contributed by atoms with Crippen molar-refractivity contribution in [2.45, 2.75) is 18.6 Å². The van der Waals surface area contributed by atoms with E-state index >= 15 is 0 Å². The first-order valence-corrected chi connectivity index (χ1v) is 5.73. The van der Waals surface area contributed by atoms with E-state index in [1.807, 2.05) is 0 Å². The van der Waals surface area contributed by atoms with Crippen molar-refractivity contribution in [3.05, 3.63) is 18.0 Å². The van der Waals surface area contributed by atoms with E-state index < -0.39 is 12.2 Å². The number of anilines is 1. The SMILES string of the molecule is CNc1ncc(C(O)C(O)CCBr)cn1. The van der Waals surface area contributed by atoms with Gasteiger partial charge in [-0.2, -0.15) is 0 Å². The first-order valence-electron chi connectivity index (χ1n) is 4.60. The number of nitrogens with one attached hydrogen (secondary N) is 1. The van der Waals surface area contributed by atoms with E-state index in [0.717, 1.165) is 0 Å². The monoisotopic (exact) mass is 275 g/mol. The number of hydrogen-bond donors (Lipinski definition) is 3. The van der Waals surface area contributed by atoms with E-state index in [-0.39, 0.29) is 0 Å². The number of halogens is 1. The summed E-state index contributed by atoms with van der Waals surface area (Å²) in [6.07, 6.45) is 1.75. The number of hydrogen-bond acceptors (Lipinski definition) is 5. The van der Waals surface area contributed by atoms with Crippen molar-refractivity contribution in [1.82, 2.24) is 9.97 Å². The molecule has 1 aromatic rings. The predicted molar refractivity (Wildman–Crippen MR) is 61.0 cm³/mol. The standard InChI is InChI=1S/C9H14BrN3O2/c1-11-9-12-4-6(5-13-9)8(15)7(14)2-3-10/h4-5,7-8,14-15H,2-3H2,1H3,(H,11,12,13). The second-order valence-corrected chi connectivity index (χ2v) is 3.87. The third-order valence-electron chi connectivity index (χ3n) is 2.01. The number of nitrogens with zero attached hydrogens (tertiary/aromatic N) is 2. The molecule has 2 unspecified atom stereocenters. The lowest BCUT2D eigenvalue weighted by atomic mass is 10.1. The molecule has 15 heavy (non-hydrogen) atoms. The molecular formula is C9H14BrN3O2. The third kappa shape index (κ3) is 3.40. The molecule has 0 saturated heterocycles. The number of rotatable bonds is 5. The molecule has 6 heteroatoms. The molecule has 3 N–H and O–H groups in total. The summed E-state index contributed by atoms with van der Waals surface area (Å²) in [6, 6.07) is 0. The summed E-state index contributed by atoms with van der Waals surface area (Å²) in [4.78, 5) is 7.91. The van der Waals surface area contributed by atoms with Crippen LogP contribution in [0.25, 0.3) is 0 Å². The maximum Gasteiger partial charge on any atom is 0.222 e. The van der Waals surface area contributed by atoms with Crippen LogP contribution in [0.5, 0.6) is 0 Å². The minimum atomic E-state index is -0.937. The van der Waals surface area contributed by atoms with E-state index in [9.17, 15) is 10.2 Å². The van der Waals surface area contributed by atoms with Crippen LogP contribution in [0, 0.1) is 0 Å². The minimum Gasteiger partial charge on any atom is -0.390 e. The number of aliphatic hydroxyl groups excluding tert-OH is 2. The van der Waals surface area contributed by atoms with Gasteiger partial charge in [0, 0.05) is 30.3 Å². The van der Waals surface area contributed by atoms with Crippen molar-refractivity contribution in [3.8, 4) is 0 Å². The Labute approximate surface area is 96.7 Å². The van der Waals surface area contributed by atoms with Gasteiger partial charge in [-0.3, -0.25) is 0 Å². The van der Waals surface area contributed by atoms with Crippen LogP contribution in [0.15, 0.2) is 12.4 Å². The number of aliphatic hydroxyl groups is 2. The highest BCUT2D eigenvalue weighted by atomic mass is 79.9. The van der Waals surface area contributed by atoms with Gasteiger partial charge in [0.05, 0.1) is 6.10 Å². The Morgan fingerprint density at radius 1 is 1.40 bits per heavy atom. The van der Waals surface area contributed by atoms with E-state index in [1.165, 1.54) is 12.4 Å². The fraction of sp³-hybridized carbons (Fsp3) is 0.556. The van der Waals surface area contributed by atoms with E-state index in [4.69, 9.17) is 0 Å². The zero-order chi connectivity index (χ0) is 11.3. The molecule has 0 aromatic carbocycles. The Morgan fingerprint density at radius 3 is 2.47 bits per heavy atom. The van der Waals surface area contributed by atoms with Gasteiger partial charge >= 0.3 is 0 Å². The highest BCUT2D eigenvalue weighted by molar-refractivity contribution is 9.09. The van der Waals surface area contributed by atoms with Crippen LogP contribution in [-0.2, 0) is 0 Å². The van der Waals surface area contributed by atoms with Crippen molar-refractivity contribution in [2.75, 3.05) is 17.7 Å². The van der Waals surface area contributed by atoms with E-state index in [1.54, 1.807) is 7.05 Å². The van der Waals surface area contributed by atoms with Crippen LogP contribution in [0.4, 0.5) is 5.95 Å². The Kier molecular flexibility index (Phi) is 4.93. The summed E-state index contributed by atoms with van der Waals surface area (Å²) in [5.41, 5.74) is 0.516. The molecule has 0 radical (unpaired) electrons. The zero-order valence-corrected chi connectivity index (χ0v) is 9.98. The first-order chi connectivity index (χ1) is 7.19. The Hall–Kier alpha value is -0.720.